The molecule has 0 saturated heterocycles. The van der Waals surface area contributed by atoms with Gasteiger partial charge in [-0.3, -0.25) is 4.68 Å². The smallest absolute Gasteiger partial charge is 0.167 e. The van der Waals surface area contributed by atoms with E-state index in [1.165, 1.54) is 6.07 Å². The summed E-state index contributed by atoms with van der Waals surface area (Å²) in [5.74, 6) is 0.330. The van der Waals surface area contributed by atoms with Gasteiger partial charge in [-0.1, -0.05) is 0 Å². The number of nitrogen functional groups attached to an aromatic ring is 1. The van der Waals surface area contributed by atoms with E-state index in [4.69, 9.17) is 10.5 Å². The Morgan fingerprint density at radius 2 is 2.16 bits per heavy atom. The molecule has 0 bridgehead atoms. The number of ether oxygens (including phenoxy) is 1. The van der Waals surface area contributed by atoms with E-state index in [0.29, 0.717) is 17.2 Å². The fraction of sp³-hybridized carbons (Fsp3) is 0.308. The van der Waals surface area contributed by atoms with Gasteiger partial charge in [-0.05, 0) is 13.8 Å². The first-order valence-corrected chi connectivity index (χ1v) is 5.98. The Balaban J connectivity index is 2.29. The lowest BCUT2D eigenvalue weighted by Gasteiger charge is -2.14. The first-order chi connectivity index (χ1) is 8.95. The van der Waals surface area contributed by atoms with Crippen LogP contribution in [0.3, 0.4) is 0 Å². The standard InChI is InChI=1S/C13H17FN4O/c1-8(2)19-12-7-11(10(15)6-9(12)14)16-13-4-5-18(3)17-13/h4-8H,15H2,1-3H3,(H,16,17). The second-order valence-corrected chi connectivity index (χ2v) is 4.54. The highest BCUT2D eigenvalue weighted by molar-refractivity contribution is 5.73. The zero-order valence-corrected chi connectivity index (χ0v) is 11.1. The van der Waals surface area contributed by atoms with E-state index in [-0.39, 0.29) is 11.9 Å². The molecule has 102 valence electrons. The van der Waals surface area contributed by atoms with Gasteiger partial charge in [0.2, 0.25) is 0 Å². The summed E-state index contributed by atoms with van der Waals surface area (Å²) in [6, 6.07) is 4.58. The number of rotatable bonds is 4. The fourth-order valence-corrected chi connectivity index (χ4v) is 1.64. The van der Waals surface area contributed by atoms with Crippen molar-refractivity contribution in [2.75, 3.05) is 11.1 Å². The second kappa shape index (κ2) is 5.17. The van der Waals surface area contributed by atoms with Gasteiger partial charge in [0.25, 0.3) is 0 Å². The summed E-state index contributed by atoms with van der Waals surface area (Å²) < 4.78 is 20.7. The number of nitrogens with zero attached hydrogens (tertiary/aromatic N) is 2. The molecular weight excluding hydrogens is 247 g/mol. The van der Waals surface area contributed by atoms with Crippen molar-refractivity contribution in [3.05, 3.63) is 30.2 Å². The number of hydrogen-bond donors (Lipinski definition) is 2. The van der Waals surface area contributed by atoms with Crippen LogP contribution in [0.5, 0.6) is 5.75 Å². The summed E-state index contributed by atoms with van der Waals surface area (Å²) in [6.07, 6.45) is 1.69. The number of anilines is 3. The van der Waals surface area contributed by atoms with Crippen LogP contribution >= 0.6 is 0 Å². The van der Waals surface area contributed by atoms with Crippen LogP contribution in [-0.2, 0) is 7.05 Å². The van der Waals surface area contributed by atoms with E-state index < -0.39 is 5.82 Å². The van der Waals surface area contributed by atoms with Gasteiger partial charge in [-0.25, -0.2) is 4.39 Å². The number of aryl methyl sites for hydroxylation is 1. The summed E-state index contributed by atoms with van der Waals surface area (Å²) in [4.78, 5) is 0. The minimum atomic E-state index is -0.474. The van der Waals surface area contributed by atoms with E-state index in [1.807, 2.05) is 20.9 Å². The first-order valence-electron chi connectivity index (χ1n) is 5.98. The Morgan fingerprint density at radius 1 is 1.42 bits per heavy atom. The van der Waals surface area contributed by atoms with Gasteiger partial charge < -0.3 is 15.8 Å². The van der Waals surface area contributed by atoms with Gasteiger partial charge in [0.15, 0.2) is 17.4 Å². The van der Waals surface area contributed by atoms with E-state index in [9.17, 15) is 4.39 Å². The first kappa shape index (κ1) is 13.2. The zero-order valence-electron chi connectivity index (χ0n) is 11.1. The van der Waals surface area contributed by atoms with Crippen molar-refractivity contribution in [3.8, 4) is 5.75 Å². The molecule has 0 saturated carbocycles. The molecule has 0 aliphatic rings. The number of nitrogens with two attached hydrogens (primary N) is 1. The van der Waals surface area contributed by atoms with Crippen molar-refractivity contribution in [2.24, 2.45) is 7.05 Å². The van der Waals surface area contributed by atoms with Gasteiger partial charge in [-0.2, -0.15) is 5.10 Å². The summed E-state index contributed by atoms with van der Waals surface area (Å²) in [7, 11) is 1.81. The van der Waals surface area contributed by atoms with E-state index in [2.05, 4.69) is 10.4 Å². The molecule has 5 nitrogen and oxygen atoms in total. The molecule has 1 heterocycles. The number of benzene rings is 1. The van der Waals surface area contributed by atoms with Crippen molar-refractivity contribution in [2.45, 2.75) is 20.0 Å². The Morgan fingerprint density at radius 3 is 2.74 bits per heavy atom. The van der Waals surface area contributed by atoms with Crippen LogP contribution in [0.15, 0.2) is 24.4 Å². The third kappa shape index (κ3) is 3.15. The molecule has 0 spiro atoms. The molecule has 6 heteroatoms. The highest BCUT2D eigenvalue weighted by Gasteiger charge is 2.11. The van der Waals surface area contributed by atoms with E-state index in [1.54, 1.807) is 23.0 Å². The predicted octanol–water partition coefficient (Wildman–Crippen LogP) is 2.67. The van der Waals surface area contributed by atoms with Crippen molar-refractivity contribution in [1.82, 2.24) is 9.78 Å². The fourth-order valence-electron chi connectivity index (χ4n) is 1.64. The molecule has 1 aromatic heterocycles. The topological polar surface area (TPSA) is 65.1 Å². The predicted molar refractivity (Wildman–Crippen MR) is 73.1 cm³/mol. The molecule has 0 aliphatic carbocycles. The molecule has 0 amide bonds. The molecule has 0 radical (unpaired) electrons. The quantitative estimate of drug-likeness (QED) is 0.833. The van der Waals surface area contributed by atoms with Gasteiger partial charge >= 0.3 is 0 Å². The van der Waals surface area contributed by atoms with Crippen LogP contribution in [0.1, 0.15) is 13.8 Å². The van der Waals surface area contributed by atoms with Gasteiger partial charge in [0.1, 0.15) is 0 Å². The second-order valence-electron chi connectivity index (χ2n) is 4.54. The Kier molecular flexibility index (Phi) is 3.59. The maximum absolute atomic E-state index is 13.7. The molecule has 0 atom stereocenters. The maximum atomic E-state index is 13.7. The molecule has 0 fully saturated rings. The van der Waals surface area contributed by atoms with Crippen LogP contribution in [0, 0.1) is 5.82 Å². The third-order valence-electron chi connectivity index (χ3n) is 2.44. The zero-order chi connectivity index (χ0) is 14.0. The average Bonchev–Trinajstić information content (AvgIpc) is 2.70. The van der Waals surface area contributed by atoms with E-state index >= 15 is 0 Å². The SMILES string of the molecule is CC(C)Oc1cc(Nc2ccn(C)n2)c(N)cc1F. The largest absolute Gasteiger partial charge is 0.488 e. The highest BCUT2D eigenvalue weighted by atomic mass is 19.1. The number of halogens is 1. The molecule has 2 aromatic rings. The third-order valence-corrected chi connectivity index (χ3v) is 2.44. The maximum Gasteiger partial charge on any atom is 0.167 e. The molecule has 0 aliphatic heterocycles. The van der Waals surface area contributed by atoms with Crippen molar-refractivity contribution in [1.29, 1.82) is 0 Å². The number of hydrogen-bond acceptors (Lipinski definition) is 4. The van der Waals surface area contributed by atoms with Crippen LogP contribution < -0.4 is 15.8 Å². The Bertz CT molecular complexity index is 580. The monoisotopic (exact) mass is 264 g/mol. The molecule has 0 unspecified atom stereocenters. The van der Waals surface area contributed by atoms with Crippen LogP contribution in [-0.4, -0.2) is 15.9 Å². The van der Waals surface area contributed by atoms with E-state index in [0.717, 1.165) is 0 Å². The lowest BCUT2D eigenvalue weighted by Crippen LogP contribution is -2.08. The molecule has 3 N–H and O–H groups in total. The minimum absolute atomic E-state index is 0.110. The van der Waals surface area contributed by atoms with Crippen LogP contribution in [0.2, 0.25) is 0 Å². The lowest BCUT2D eigenvalue weighted by molar-refractivity contribution is 0.231. The Hall–Kier alpha value is -2.24. The normalized spacial score (nSPS) is 10.8. The van der Waals surface area contributed by atoms with Gasteiger partial charge in [-0.15, -0.1) is 0 Å². The van der Waals surface area contributed by atoms with Crippen molar-refractivity contribution in [3.63, 3.8) is 0 Å². The summed E-state index contributed by atoms with van der Waals surface area (Å²) in [5, 5.41) is 7.21. The lowest BCUT2D eigenvalue weighted by atomic mass is 10.2. The van der Waals surface area contributed by atoms with Gasteiger partial charge in [0, 0.05) is 31.4 Å². The van der Waals surface area contributed by atoms with Crippen LogP contribution in [0.4, 0.5) is 21.6 Å². The molecule has 19 heavy (non-hydrogen) atoms. The van der Waals surface area contributed by atoms with Crippen molar-refractivity contribution >= 4 is 17.2 Å². The minimum Gasteiger partial charge on any atom is -0.488 e. The van der Waals surface area contributed by atoms with Crippen molar-refractivity contribution < 1.29 is 9.13 Å². The molecular formula is C13H17FN4O. The van der Waals surface area contributed by atoms with Gasteiger partial charge in [0.05, 0.1) is 17.5 Å². The number of nitrogens with one attached hydrogen (secondary N) is 1. The Labute approximate surface area is 111 Å². The highest BCUT2D eigenvalue weighted by Crippen LogP contribution is 2.30. The summed E-state index contributed by atoms with van der Waals surface area (Å²) >= 11 is 0. The molecule has 1 aromatic carbocycles. The molecule has 2 rings (SSSR count). The summed E-state index contributed by atoms with van der Waals surface area (Å²) in [6.45, 7) is 3.67. The van der Waals surface area contributed by atoms with Crippen LogP contribution in [0.25, 0.3) is 0 Å². The average molecular weight is 264 g/mol. The summed E-state index contributed by atoms with van der Waals surface area (Å²) in [5.41, 5.74) is 6.65. The number of aromatic nitrogens is 2.